The molecule has 3 N–H and O–H groups in total. The normalized spacial score (nSPS) is 13.2. The van der Waals surface area contributed by atoms with Crippen molar-refractivity contribution in [3.63, 3.8) is 0 Å². The quantitative estimate of drug-likeness (QED) is 0.854. The zero-order valence-corrected chi connectivity index (χ0v) is 9.08. The number of nitrogens with two attached hydrogens (primary N) is 1. The first-order valence-corrected chi connectivity index (χ1v) is 4.87. The minimum Gasteiger partial charge on any atom is -0.383 e. The molecule has 1 unspecified atom stereocenters. The van der Waals surface area contributed by atoms with Crippen molar-refractivity contribution in [2.45, 2.75) is 25.6 Å². The van der Waals surface area contributed by atoms with Crippen molar-refractivity contribution in [1.29, 1.82) is 0 Å². The van der Waals surface area contributed by atoms with E-state index in [9.17, 15) is 18.0 Å². The van der Waals surface area contributed by atoms with E-state index in [1.807, 2.05) is 0 Å². The van der Waals surface area contributed by atoms with Gasteiger partial charge in [0, 0.05) is 12.2 Å². The predicted molar refractivity (Wildman–Crippen MR) is 56.2 cm³/mol. The number of carbonyl (C=O) groups excluding carboxylic acids is 1. The highest BCUT2D eigenvalue weighted by atomic mass is 19.4. The third-order valence-corrected chi connectivity index (χ3v) is 2.00. The van der Waals surface area contributed by atoms with Crippen LogP contribution in [0.2, 0.25) is 0 Å². The highest BCUT2D eigenvalue weighted by Gasteiger charge is 2.30. The van der Waals surface area contributed by atoms with Crippen molar-refractivity contribution < 1.29 is 18.0 Å². The van der Waals surface area contributed by atoms with Gasteiger partial charge >= 0.3 is 6.18 Å². The van der Waals surface area contributed by atoms with Crippen molar-refractivity contribution in [2.75, 3.05) is 5.73 Å². The molecule has 1 rings (SSSR count). The molecule has 1 aromatic heterocycles. The number of aromatic nitrogens is 1. The second-order valence-electron chi connectivity index (χ2n) is 3.63. The van der Waals surface area contributed by atoms with Gasteiger partial charge in [0.05, 0.1) is 12.0 Å². The standard InChI is InChI=1S/C10H12F3N3O/c1-6(5-10(11,12)13)16-9(17)7-3-2-4-15-8(7)14/h2-4,6H,5H2,1H3,(H2,14,15)(H,16,17). The molecule has 0 spiro atoms. The van der Waals surface area contributed by atoms with Crippen LogP contribution >= 0.6 is 0 Å². The van der Waals surface area contributed by atoms with Crippen LogP contribution in [-0.4, -0.2) is 23.1 Å². The summed E-state index contributed by atoms with van der Waals surface area (Å²) in [5.74, 6) is -0.670. The van der Waals surface area contributed by atoms with Crippen molar-refractivity contribution >= 4 is 11.7 Å². The number of nitrogens with zero attached hydrogens (tertiary/aromatic N) is 1. The summed E-state index contributed by atoms with van der Waals surface area (Å²) in [5.41, 5.74) is 5.50. The Morgan fingerprint density at radius 1 is 1.59 bits per heavy atom. The first kappa shape index (κ1) is 13.3. The Bertz CT molecular complexity index is 406. The average molecular weight is 247 g/mol. The van der Waals surface area contributed by atoms with Gasteiger partial charge in [-0.15, -0.1) is 0 Å². The smallest absolute Gasteiger partial charge is 0.383 e. The summed E-state index contributed by atoms with van der Waals surface area (Å²) in [7, 11) is 0. The molecule has 0 radical (unpaired) electrons. The topological polar surface area (TPSA) is 68.0 Å². The van der Waals surface area contributed by atoms with Gasteiger partial charge in [0.15, 0.2) is 0 Å². The second kappa shape index (κ2) is 5.03. The number of rotatable bonds is 3. The Kier molecular flexibility index (Phi) is 3.93. The maximum Gasteiger partial charge on any atom is 0.391 e. The number of anilines is 1. The average Bonchev–Trinajstić information content (AvgIpc) is 2.14. The predicted octanol–water partition coefficient (Wildman–Crippen LogP) is 1.73. The molecule has 1 heterocycles. The van der Waals surface area contributed by atoms with Crippen molar-refractivity contribution in [3.05, 3.63) is 23.9 Å². The molecule has 0 aliphatic heterocycles. The van der Waals surface area contributed by atoms with E-state index in [1.165, 1.54) is 25.3 Å². The van der Waals surface area contributed by atoms with Gasteiger partial charge < -0.3 is 11.1 Å². The van der Waals surface area contributed by atoms with Crippen LogP contribution in [0.5, 0.6) is 0 Å². The van der Waals surface area contributed by atoms with E-state index >= 15 is 0 Å². The van der Waals surface area contributed by atoms with Crippen molar-refractivity contribution in [2.24, 2.45) is 0 Å². The number of alkyl halides is 3. The Morgan fingerprint density at radius 3 is 2.76 bits per heavy atom. The van der Waals surface area contributed by atoms with Gasteiger partial charge in [-0.05, 0) is 19.1 Å². The van der Waals surface area contributed by atoms with Crippen LogP contribution in [0.15, 0.2) is 18.3 Å². The summed E-state index contributed by atoms with van der Waals surface area (Å²) in [6.07, 6.45) is -4.00. The molecule has 0 aliphatic carbocycles. The molecule has 1 aromatic rings. The van der Waals surface area contributed by atoms with E-state index < -0.39 is 24.5 Å². The molecule has 0 bridgehead atoms. The molecule has 0 aliphatic rings. The highest BCUT2D eigenvalue weighted by molar-refractivity contribution is 5.98. The summed E-state index contributed by atoms with van der Waals surface area (Å²) >= 11 is 0. The Labute approximate surface area is 96.0 Å². The number of nitrogens with one attached hydrogen (secondary N) is 1. The molecule has 0 saturated heterocycles. The highest BCUT2D eigenvalue weighted by Crippen LogP contribution is 2.21. The van der Waals surface area contributed by atoms with Gasteiger partial charge in [0.25, 0.3) is 5.91 Å². The number of pyridine rings is 1. The lowest BCUT2D eigenvalue weighted by Crippen LogP contribution is -2.36. The first-order chi connectivity index (χ1) is 7.79. The fraction of sp³-hybridized carbons (Fsp3) is 0.400. The molecule has 1 atom stereocenters. The summed E-state index contributed by atoms with van der Waals surface area (Å²) in [5, 5.41) is 2.21. The van der Waals surface area contributed by atoms with Crippen LogP contribution in [0.3, 0.4) is 0 Å². The van der Waals surface area contributed by atoms with Crippen molar-refractivity contribution in [1.82, 2.24) is 10.3 Å². The minimum absolute atomic E-state index is 0.00999. The van der Waals surface area contributed by atoms with Crippen LogP contribution in [-0.2, 0) is 0 Å². The molecule has 0 saturated carbocycles. The molecular formula is C10H12F3N3O. The van der Waals surface area contributed by atoms with E-state index in [4.69, 9.17) is 5.73 Å². The minimum atomic E-state index is -4.31. The summed E-state index contributed by atoms with van der Waals surface area (Å²) in [4.78, 5) is 15.2. The largest absolute Gasteiger partial charge is 0.391 e. The molecule has 0 aromatic carbocycles. The first-order valence-electron chi connectivity index (χ1n) is 4.87. The van der Waals surface area contributed by atoms with Gasteiger partial charge in [0.1, 0.15) is 5.82 Å². The lowest BCUT2D eigenvalue weighted by molar-refractivity contribution is -0.138. The van der Waals surface area contributed by atoms with Gasteiger partial charge in [0.2, 0.25) is 0 Å². The molecule has 94 valence electrons. The Balaban J connectivity index is 2.64. The van der Waals surface area contributed by atoms with Crippen molar-refractivity contribution in [3.8, 4) is 0 Å². The monoisotopic (exact) mass is 247 g/mol. The number of carbonyl (C=O) groups is 1. The summed E-state index contributed by atoms with van der Waals surface area (Å²) in [6.45, 7) is 1.28. The fourth-order valence-corrected chi connectivity index (χ4v) is 1.31. The van der Waals surface area contributed by atoms with E-state index in [0.29, 0.717) is 0 Å². The molecule has 4 nitrogen and oxygen atoms in total. The summed E-state index contributed by atoms with van der Waals surface area (Å²) < 4.78 is 36.1. The molecule has 7 heteroatoms. The number of hydrogen-bond donors (Lipinski definition) is 2. The van der Waals surface area contributed by atoms with Crippen LogP contribution in [0, 0.1) is 0 Å². The third kappa shape index (κ3) is 4.29. The zero-order valence-electron chi connectivity index (χ0n) is 9.08. The summed E-state index contributed by atoms with van der Waals surface area (Å²) in [6, 6.07) is 1.87. The number of halogens is 3. The van der Waals surface area contributed by atoms with Crippen LogP contribution in [0.1, 0.15) is 23.7 Å². The lowest BCUT2D eigenvalue weighted by Gasteiger charge is -2.16. The number of amides is 1. The van der Waals surface area contributed by atoms with Gasteiger partial charge in [-0.3, -0.25) is 4.79 Å². The maximum atomic E-state index is 12.0. The van der Waals surface area contributed by atoms with E-state index in [0.717, 1.165) is 0 Å². The second-order valence-corrected chi connectivity index (χ2v) is 3.63. The van der Waals surface area contributed by atoms with E-state index in [2.05, 4.69) is 10.3 Å². The van der Waals surface area contributed by atoms with Crippen LogP contribution in [0.4, 0.5) is 19.0 Å². The van der Waals surface area contributed by atoms with Gasteiger partial charge in [-0.1, -0.05) is 0 Å². The molecule has 1 amide bonds. The molecular weight excluding hydrogens is 235 g/mol. The SMILES string of the molecule is CC(CC(F)(F)F)NC(=O)c1cccnc1N. The maximum absolute atomic E-state index is 12.0. The van der Waals surface area contributed by atoms with Gasteiger partial charge in [-0.2, -0.15) is 13.2 Å². The van der Waals surface area contributed by atoms with E-state index in [1.54, 1.807) is 0 Å². The lowest BCUT2D eigenvalue weighted by atomic mass is 10.2. The van der Waals surface area contributed by atoms with Gasteiger partial charge in [-0.25, -0.2) is 4.98 Å². The number of nitrogen functional groups attached to an aromatic ring is 1. The van der Waals surface area contributed by atoms with Crippen LogP contribution in [0.25, 0.3) is 0 Å². The van der Waals surface area contributed by atoms with E-state index in [-0.39, 0.29) is 11.4 Å². The molecule has 17 heavy (non-hydrogen) atoms. The van der Waals surface area contributed by atoms with Crippen LogP contribution < -0.4 is 11.1 Å². The third-order valence-electron chi connectivity index (χ3n) is 2.00. The fourth-order valence-electron chi connectivity index (χ4n) is 1.31. The Morgan fingerprint density at radius 2 is 2.24 bits per heavy atom. The number of hydrogen-bond acceptors (Lipinski definition) is 3. The molecule has 0 fully saturated rings. The zero-order chi connectivity index (χ0) is 13.1. The Hall–Kier alpha value is -1.79.